The van der Waals surface area contributed by atoms with E-state index in [0.29, 0.717) is 28.1 Å². The summed E-state index contributed by atoms with van der Waals surface area (Å²) in [6.07, 6.45) is 2.69. The maximum Gasteiger partial charge on any atom is 0.267 e. The van der Waals surface area contributed by atoms with Crippen LogP contribution in [0, 0.1) is 12.7 Å². The third kappa shape index (κ3) is 6.22. The van der Waals surface area contributed by atoms with Crippen molar-refractivity contribution in [3.63, 3.8) is 0 Å². The van der Waals surface area contributed by atoms with E-state index < -0.39 is 21.7 Å². The standard InChI is InChI=1S/C23H21Cl2FN2O4S/c1-4-21(14-5-7-16(24)8-6-14)32-23-19(25)10-15(12-27-23)17-11-20(26)18(9-13(17)2)22(29)28-33(3,30)31/h5-12,21H,4H2,1-3H3,(H,28,29)/t21-/m0/s1. The van der Waals surface area contributed by atoms with Gasteiger partial charge in [0.25, 0.3) is 5.91 Å². The Labute approximate surface area is 201 Å². The predicted molar refractivity (Wildman–Crippen MR) is 127 cm³/mol. The van der Waals surface area contributed by atoms with Gasteiger partial charge in [-0.3, -0.25) is 4.79 Å². The largest absolute Gasteiger partial charge is 0.468 e. The molecular weight excluding hydrogens is 490 g/mol. The summed E-state index contributed by atoms with van der Waals surface area (Å²) in [6, 6.07) is 11.3. The van der Waals surface area contributed by atoms with Gasteiger partial charge in [-0.15, -0.1) is 0 Å². The number of aryl methyl sites for hydroxylation is 1. The lowest BCUT2D eigenvalue weighted by Crippen LogP contribution is -2.30. The molecule has 1 N–H and O–H groups in total. The summed E-state index contributed by atoms with van der Waals surface area (Å²) in [5.41, 5.74) is 2.04. The zero-order valence-corrected chi connectivity index (χ0v) is 20.4. The van der Waals surface area contributed by atoms with Gasteiger partial charge < -0.3 is 4.74 Å². The minimum absolute atomic E-state index is 0.226. The van der Waals surface area contributed by atoms with Gasteiger partial charge in [0.05, 0.1) is 11.8 Å². The molecule has 1 aromatic heterocycles. The van der Waals surface area contributed by atoms with Gasteiger partial charge in [-0.1, -0.05) is 42.3 Å². The molecular formula is C23H21Cl2FN2O4S. The highest BCUT2D eigenvalue weighted by atomic mass is 35.5. The SMILES string of the molecule is CC[C@H](Oc1ncc(-c2cc(F)c(C(=O)NS(C)(=O)=O)cc2C)cc1Cl)c1ccc(Cl)cc1. The van der Waals surface area contributed by atoms with Crippen LogP contribution in [0.3, 0.4) is 0 Å². The third-order valence-electron chi connectivity index (χ3n) is 4.82. The molecule has 0 unspecified atom stereocenters. The van der Waals surface area contributed by atoms with E-state index >= 15 is 0 Å². The van der Waals surface area contributed by atoms with Crippen molar-refractivity contribution in [3.05, 3.63) is 81.2 Å². The van der Waals surface area contributed by atoms with Crippen molar-refractivity contribution >= 4 is 39.1 Å². The summed E-state index contributed by atoms with van der Waals surface area (Å²) in [5, 5.41) is 0.857. The van der Waals surface area contributed by atoms with Crippen LogP contribution < -0.4 is 9.46 Å². The Morgan fingerprint density at radius 1 is 1.18 bits per heavy atom. The van der Waals surface area contributed by atoms with Crippen LogP contribution in [0.2, 0.25) is 10.0 Å². The molecule has 33 heavy (non-hydrogen) atoms. The number of aromatic nitrogens is 1. The van der Waals surface area contributed by atoms with Gasteiger partial charge in [-0.05, 0) is 60.4 Å². The first-order valence-corrected chi connectivity index (χ1v) is 12.5. The Morgan fingerprint density at radius 3 is 2.42 bits per heavy atom. The van der Waals surface area contributed by atoms with E-state index in [9.17, 15) is 17.6 Å². The number of hydrogen-bond acceptors (Lipinski definition) is 5. The van der Waals surface area contributed by atoms with Gasteiger partial charge in [0.1, 0.15) is 16.9 Å². The lowest BCUT2D eigenvalue weighted by Gasteiger charge is -2.18. The van der Waals surface area contributed by atoms with E-state index in [1.807, 2.05) is 19.1 Å². The van der Waals surface area contributed by atoms with Crippen LogP contribution in [0.5, 0.6) is 5.88 Å². The molecule has 0 spiro atoms. The second-order valence-electron chi connectivity index (χ2n) is 7.43. The van der Waals surface area contributed by atoms with Crippen molar-refractivity contribution in [2.24, 2.45) is 0 Å². The number of nitrogens with one attached hydrogen (secondary N) is 1. The number of nitrogens with zero attached hydrogens (tertiary/aromatic N) is 1. The minimum atomic E-state index is -3.82. The molecule has 3 rings (SSSR count). The Morgan fingerprint density at radius 2 is 1.85 bits per heavy atom. The van der Waals surface area contributed by atoms with Gasteiger partial charge in [-0.25, -0.2) is 22.5 Å². The molecule has 0 saturated carbocycles. The average molecular weight is 511 g/mol. The second kappa shape index (κ2) is 10.1. The zero-order chi connectivity index (χ0) is 24.3. The Bertz CT molecular complexity index is 1300. The molecule has 2 aromatic carbocycles. The first kappa shape index (κ1) is 25.0. The molecule has 174 valence electrons. The van der Waals surface area contributed by atoms with E-state index in [0.717, 1.165) is 17.9 Å². The molecule has 0 aliphatic heterocycles. The second-order valence-corrected chi connectivity index (χ2v) is 10.0. The Kier molecular flexibility index (Phi) is 7.62. The maximum absolute atomic E-state index is 14.6. The predicted octanol–water partition coefficient (Wildman–Crippen LogP) is 5.72. The number of amides is 1. The topological polar surface area (TPSA) is 85.4 Å². The number of benzene rings is 2. The molecule has 0 saturated heterocycles. The number of carbonyl (C=O) groups is 1. The Hall–Kier alpha value is -2.68. The zero-order valence-electron chi connectivity index (χ0n) is 18.0. The lowest BCUT2D eigenvalue weighted by atomic mass is 9.99. The summed E-state index contributed by atoms with van der Waals surface area (Å²) < 4.78 is 44.9. The van der Waals surface area contributed by atoms with Gasteiger partial charge in [-0.2, -0.15) is 0 Å². The average Bonchev–Trinajstić information content (AvgIpc) is 2.73. The van der Waals surface area contributed by atoms with Crippen molar-refractivity contribution in [1.29, 1.82) is 0 Å². The molecule has 3 aromatic rings. The molecule has 0 radical (unpaired) electrons. The lowest BCUT2D eigenvalue weighted by molar-refractivity contribution is 0.0977. The van der Waals surface area contributed by atoms with Crippen molar-refractivity contribution in [2.45, 2.75) is 26.4 Å². The van der Waals surface area contributed by atoms with E-state index in [-0.39, 0.29) is 22.6 Å². The summed E-state index contributed by atoms with van der Waals surface area (Å²) in [6.45, 7) is 3.63. The van der Waals surface area contributed by atoms with Gasteiger partial charge >= 0.3 is 0 Å². The maximum atomic E-state index is 14.6. The van der Waals surface area contributed by atoms with Crippen LogP contribution in [-0.2, 0) is 10.0 Å². The van der Waals surface area contributed by atoms with E-state index in [1.54, 1.807) is 29.8 Å². The number of pyridine rings is 1. The normalized spacial score (nSPS) is 12.3. The Balaban J connectivity index is 1.88. The molecule has 0 aliphatic rings. The van der Waals surface area contributed by atoms with Gasteiger partial charge in [0, 0.05) is 16.8 Å². The number of carbonyl (C=O) groups excluding carboxylic acids is 1. The quantitative estimate of drug-likeness (QED) is 0.439. The van der Waals surface area contributed by atoms with Crippen LogP contribution in [0.1, 0.15) is 40.9 Å². The fourth-order valence-electron chi connectivity index (χ4n) is 3.25. The minimum Gasteiger partial charge on any atom is -0.468 e. The molecule has 0 bridgehead atoms. The van der Waals surface area contributed by atoms with Crippen molar-refractivity contribution in [2.75, 3.05) is 6.26 Å². The van der Waals surface area contributed by atoms with Crippen molar-refractivity contribution in [1.82, 2.24) is 9.71 Å². The highest BCUT2D eigenvalue weighted by Gasteiger charge is 2.20. The van der Waals surface area contributed by atoms with E-state index in [4.69, 9.17) is 27.9 Å². The molecule has 10 heteroatoms. The first-order valence-electron chi connectivity index (χ1n) is 9.88. The van der Waals surface area contributed by atoms with Crippen molar-refractivity contribution < 1.29 is 22.3 Å². The number of rotatable bonds is 7. The molecule has 1 heterocycles. The van der Waals surface area contributed by atoms with Crippen LogP contribution in [-0.4, -0.2) is 25.6 Å². The van der Waals surface area contributed by atoms with Crippen LogP contribution in [0.25, 0.3) is 11.1 Å². The van der Waals surface area contributed by atoms with E-state index in [1.165, 1.54) is 12.3 Å². The number of hydrogen-bond donors (Lipinski definition) is 1. The summed E-state index contributed by atoms with van der Waals surface area (Å²) >= 11 is 12.4. The molecule has 0 aliphatic carbocycles. The van der Waals surface area contributed by atoms with Crippen LogP contribution in [0.4, 0.5) is 4.39 Å². The number of halogens is 3. The molecule has 0 fully saturated rings. The third-order valence-corrected chi connectivity index (χ3v) is 5.90. The monoisotopic (exact) mass is 510 g/mol. The highest BCUT2D eigenvalue weighted by Crippen LogP contribution is 2.34. The summed E-state index contributed by atoms with van der Waals surface area (Å²) in [7, 11) is -3.82. The fraction of sp³-hybridized carbons (Fsp3) is 0.217. The molecule has 1 atom stereocenters. The van der Waals surface area contributed by atoms with Crippen LogP contribution in [0.15, 0.2) is 48.7 Å². The van der Waals surface area contributed by atoms with Gasteiger partial charge in [0.15, 0.2) is 0 Å². The smallest absolute Gasteiger partial charge is 0.267 e. The molecule has 1 amide bonds. The first-order chi connectivity index (χ1) is 15.5. The fourth-order valence-corrected chi connectivity index (χ4v) is 4.03. The summed E-state index contributed by atoms with van der Waals surface area (Å²) in [4.78, 5) is 16.4. The van der Waals surface area contributed by atoms with Gasteiger partial charge in [0.2, 0.25) is 15.9 Å². The number of sulfonamides is 1. The van der Waals surface area contributed by atoms with E-state index in [2.05, 4.69) is 4.98 Å². The van der Waals surface area contributed by atoms with Crippen molar-refractivity contribution in [3.8, 4) is 17.0 Å². The highest BCUT2D eigenvalue weighted by molar-refractivity contribution is 7.89. The summed E-state index contributed by atoms with van der Waals surface area (Å²) in [5.74, 6) is -1.69. The molecule has 6 nitrogen and oxygen atoms in total. The number of ether oxygens (including phenoxy) is 1. The van der Waals surface area contributed by atoms with Crippen LogP contribution >= 0.6 is 23.2 Å².